The number of aliphatic imine (C=N–C) groups is 2. The van der Waals surface area contributed by atoms with E-state index in [1.165, 1.54) is 24.3 Å². The average Bonchev–Trinajstić information content (AvgIpc) is 2.94. The highest BCUT2D eigenvalue weighted by Gasteiger charge is 2.38. The van der Waals surface area contributed by atoms with Gasteiger partial charge in [0.15, 0.2) is 5.96 Å². The molecule has 1 amide bonds. The van der Waals surface area contributed by atoms with Gasteiger partial charge in [-0.05, 0) is 37.1 Å². The van der Waals surface area contributed by atoms with Crippen molar-refractivity contribution < 1.29 is 13.2 Å². The highest BCUT2D eigenvalue weighted by Crippen LogP contribution is 2.37. The number of benzene rings is 1. The standard InChI is InChI=1S/C15H22N6O3S/c1-15(8-2-3-9-15)12(22)21-25(23,24)11-6-4-10(5-7-11)19-14(18)20-13(16)17/h4-7H,2-3,8-9H2,1H3,(H,21,22)(H6,16,17,18,19,20). The van der Waals surface area contributed by atoms with Gasteiger partial charge in [0.05, 0.1) is 10.6 Å². The summed E-state index contributed by atoms with van der Waals surface area (Å²) in [4.78, 5) is 19.7. The van der Waals surface area contributed by atoms with E-state index in [0.717, 1.165) is 12.8 Å². The number of rotatable bonds is 4. The first-order valence-electron chi connectivity index (χ1n) is 7.73. The molecule has 0 heterocycles. The summed E-state index contributed by atoms with van der Waals surface area (Å²) >= 11 is 0. The fourth-order valence-corrected chi connectivity index (χ4v) is 3.78. The molecule has 7 N–H and O–H groups in total. The largest absolute Gasteiger partial charge is 0.370 e. The van der Waals surface area contributed by atoms with Crippen LogP contribution in [0.25, 0.3) is 0 Å². The summed E-state index contributed by atoms with van der Waals surface area (Å²) in [5.74, 6) is -0.856. The molecule has 2 rings (SSSR count). The van der Waals surface area contributed by atoms with Gasteiger partial charge in [-0.25, -0.2) is 18.1 Å². The Labute approximate surface area is 146 Å². The van der Waals surface area contributed by atoms with Crippen LogP contribution in [0, 0.1) is 5.41 Å². The van der Waals surface area contributed by atoms with Crippen molar-refractivity contribution in [2.45, 2.75) is 37.5 Å². The molecule has 1 aromatic rings. The molecule has 1 aliphatic carbocycles. The molecule has 0 unspecified atom stereocenters. The summed E-state index contributed by atoms with van der Waals surface area (Å²) in [5.41, 5.74) is 15.6. The number of nitrogens with one attached hydrogen (secondary N) is 1. The minimum Gasteiger partial charge on any atom is -0.370 e. The number of hydrogen-bond acceptors (Lipinski definition) is 4. The third-order valence-electron chi connectivity index (χ3n) is 4.12. The minimum absolute atomic E-state index is 0.0400. The van der Waals surface area contributed by atoms with Crippen molar-refractivity contribution in [3.63, 3.8) is 0 Å². The molecule has 136 valence electrons. The first-order chi connectivity index (χ1) is 11.6. The summed E-state index contributed by atoms with van der Waals surface area (Å²) in [6.07, 6.45) is 3.22. The summed E-state index contributed by atoms with van der Waals surface area (Å²) in [6, 6.07) is 5.53. The van der Waals surface area contributed by atoms with Crippen molar-refractivity contribution in [3.8, 4) is 0 Å². The zero-order valence-corrected chi connectivity index (χ0v) is 14.7. The summed E-state index contributed by atoms with van der Waals surface area (Å²) in [6.45, 7) is 1.79. The molecule has 0 radical (unpaired) electrons. The molecular formula is C15H22N6O3S. The van der Waals surface area contributed by atoms with Gasteiger partial charge in [0, 0.05) is 5.41 Å². The fraction of sp³-hybridized carbons (Fsp3) is 0.400. The number of sulfonamides is 1. The molecule has 10 heteroatoms. The van der Waals surface area contributed by atoms with Crippen molar-refractivity contribution in [3.05, 3.63) is 24.3 Å². The normalized spacial score (nSPS) is 17.1. The van der Waals surface area contributed by atoms with Crippen LogP contribution < -0.4 is 21.9 Å². The van der Waals surface area contributed by atoms with Crippen LogP contribution in [0.1, 0.15) is 32.6 Å². The van der Waals surface area contributed by atoms with Crippen LogP contribution in [0.15, 0.2) is 39.1 Å². The quantitative estimate of drug-likeness (QED) is 0.441. The lowest BCUT2D eigenvalue weighted by Crippen LogP contribution is -2.40. The van der Waals surface area contributed by atoms with E-state index >= 15 is 0 Å². The third-order valence-corrected chi connectivity index (χ3v) is 5.46. The van der Waals surface area contributed by atoms with E-state index < -0.39 is 21.3 Å². The van der Waals surface area contributed by atoms with E-state index in [2.05, 4.69) is 14.7 Å². The second-order valence-electron chi connectivity index (χ2n) is 6.20. The molecule has 0 aliphatic heterocycles. The second-order valence-corrected chi connectivity index (χ2v) is 7.89. The van der Waals surface area contributed by atoms with Crippen LogP contribution in [0.5, 0.6) is 0 Å². The van der Waals surface area contributed by atoms with Gasteiger partial charge in [0.2, 0.25) is 11.9 Å². The Hall–Kier alpha value is -2.62. The van der Waals surface area contributed by atoms with Gasteiger partial charge in [-0.3, -0.25) is 4.79 Å². The molecule has 1 aromatic carbocycles. The van der Waals surface area contributed by atoms with Crippen molar-refractivity contribution in [2.24, 2.45) is 32.6 Å². The monoisotopic (exact) mass is 366 g/mol. The van der Waals surface area contributed by atoms with Crippen molar-refractivity contribution in [2.75, 3.05) is 0 Å². The Balaban J connectivity index is 2.15. The molecule has 0 saturated heterocycles. The first-order valence-corrected chi connectivity index (χ1v) is 9.22. The maximum Gasteiger partial charge on any atom is 0.264 e. The van der Waals surface area contributed by atoms with E-state index in [1.807, 2.05) is 0 Å². The van der Waals surface area contributed by atoms with E-state index in [4.69, 9.17) is 17.2 Å². The maximum absolute atomic E-state index is 12.4. The Kier molecular flexibility index (Phi) is 5.31. The van der Waals surface area contributed by atoms with Crippen LogP contribution in [-0.2, 0) is 14.8 Å². The van der Waals surface area contributed by atoms with Crippen molar-refractivity contribution >= 4 is 33.5 Å². The van der Waals surface area contributed by atoms with Gasteiger partial charge in [0.25, 0.3) is 10.0 Å². The number of carbonyl (C=O) groups excluding carboxylic acids is 1. The molecule has 1 aliphatic rings. The van der Waals surface area contributed by atoms with E-state index in [0.29, 0.717) is 18.5 Å². The Morgan fingerprint density at radius 3 is 2.20 bits per heavy atom. The Morgan fingerprint density at radius 1 is 1.12 bits per heavy atom. The van der Waals surface area contributed by atoms with E-state index in [9.17, 15) is 13.2 Å². The van der Waals surface area contributed by atoms with Crippen LogP contribution in [0.3, 0.4) is 0 Å². The SMILES string of the molecule is CC1(C(=O)NS(=O)(=O)c2ccc(N=C(N)N=C(N)N)cc2)CCCC1. The fourth-order valence-electron chi connectivity index (χ4n) is 2.68. The highest BCUT2D eigenvalue weighted by atomic mass is 32.2. The summed E-state index contributed by atoms with van der Waals surface area (Å²) < 4.78 is 26.9. The zero-order chi connectivity index (χ0) is 18.7. The lowest BCUT2D eigenvalue weighted by Gasteiger charge is -2.22. The second kappa shape index (κ2) is 7.09. The number of nitrogens with two attached hydrogens (primary N) is 3. The predicted molar refractivity (Wildman–Crippen MR) is 95.4 cm³/mol. The highest BCUT2D eigenvalue weighted by molar-refractivity contribution is 7.90. The van der Waals surface area contributed by atoms with Crippen molar-refractivity contribution in [1.82, 2.24) is 4.72 Å². The number of amides is 1. The molecule has 1 saturated carbocycles. The smallest absolute Gasteiger partial charge is 0.264 e. The van der Waals surface area contributed by atoms with Crippen LogP contribution >= 0.6 is 0 Å². The van der Waals surface area contributed by atoms with Crippen molar-refractivity contribution in [1.29, 1.82) is 0 Å². The van der Waals surface area contributed by atoms with Gasteiger partial charge >= 0.3 is 0 Å². The molecule has 0 bridgehead atoms. The number of nitrogens with zero attached hydrogens (tertiary/aromatic N) is 2. The maximum atomic E-state index is 12.4. The van der Waals surface area contributed by atoms with Gasteiger partial charge in [-0.2, -0.15) is 4.99 Å². The number of carbonyl (C=O) groups is 1. The molecule has 1 fully saturated rings. The van der Waals surface area contributed by atoms with Gasteiger partial charge in [-0.15, -0.1) is 0 Å². The van der Waals surface area contributed by atoms with E-state index in [-0.39, 0.29) is 16.8 Å². The lowest BCUT2D eigenvalue weighted by molar-refractivity contribution is -0.127. The number of hydrogen-bond donors (Lipinski definition) is 4. The van der Waals surface area contributed by atoms with Crippen LogP contribution in [-0.4, -0.2) is 26.2 Å². The molecule has 0 aromatic heterocycles. The first kappa shape index (κ1) is 18.7. The van der Waals surface area contributed by atoms with Crippen LogP contribution in [0.2, 0.25) is 0 Å². The molecule has 25 heavy (non-hydrogen) atoms. The van der Waals surface area contributed by atoms with Gasteiger partial charge in [0.1, 0.15) is 0 Å². The number of guanidine groups is 2. The molecule has 0 spiro atoms. The molecule has 0 atom stereocenters. The summed E-state index contributed by atoms with van der Waals surface area (Å²) in [7, 11) is -3.95. The Bertz CT molecular complexity index is 804. The van der Waals surface area contributed by atoms with E-state index in [1.54, 1.807) is 6.92 Å². The minimum atomic E-state index is -3.95. The molecule has 9 nitrogen and oxygen atoms in total. The predicted octanol–water partition coefficient (Wildman–Crippen LogP) is 0.291. The lowest BCUT2D eigenvalue weighted by atomic mass is 9.88. The third kappa shape index (κ3) is 4.69. The topological polar surface area (TPSA) is 166 Å². The van der Waals surface area contributed by atoms with Gasteiger partial charge in [-0.1, -0.05) is 19.8 Å². The van der Waals surface area contributed by atoms with Crippen LogP contribution in [0.4, 0.5) is 5.69 Å². The zero-order valence-electron chi connectivity index (χ0n) is 13.9. The molecular weight excluding hydrogens is 344 g/mol. The van der Waals surface area contributed by atoms with Gasteiger partial charge < -0.3 is 17.2 Å². The Morgan fingerprint density at radius 2 is 1.68 bits per heavy atom. The summed E-state index contributed by atoms with van der Waals surface area (Å²) in [5, 5.41) is 0. The average molecular weight is 366 g/mol.